The molecule has 0 fully saturated rings. The molecule has 2 aromatic rings. The highest BCUT2D eigenvalue weighted by molar-refractivity contribution is 5.99. The second-order valence-electron chi connectivity index (χ2n) is 5.77. The number of nitrogens with two attached hydrogens (primary N) is 1. The van der Waals surface area contributed by atoms with Gasteiger partial charge >= 0.3 is 0 Å². The molecule has 0 spiro atoms. The fourth-order valence-electron chi connectivity index (χ4n) is 2.75. The summed E-state index contributed by atoms with van der Waals surface area (Å²) in [5, 5.41) is 12.9. The molecule has 5 N–H and O–H groups in total. The Morgan fingerprint density at radius 2 is 2.00 bits per heavy atom. The summed E-state index contributed by atoms with van der Waals surface area (Å²) in [6.45, 7) is 3.02. The van der Waals surface area contributed by atoms with Gasteiger partial charge in [-0.25, -0.2) is 0 Å². The molecule has 0 saturated heterocycles. The zero-order chi connectivity index (χ0) is 16.4. The van der Waals surface area contributed by atoms with Gasteiger partial charge in [0.2, 0.25) is 5.91 Å². The average molecular weight is 350 g/mol. The molecule has 1 aliphatic heterocycles. The molecule has 1 aliphatic rings. The van der Waals surface area contributed by atoms with Crippen molar-refractivity contribution in [2.45, 2.75) is 25.4 Å². The minimum Gasteiger partial charge on any atom is -0.367 e. The van der Waals surface area contributed by atoms with Crippen molar-refractivity contribution in [1.29, 1.82) is 0 Å². The van der Waals surface area contributed by atoms with Crippen LogP contribution >= 0.6 is 12.4 Å². The first-order chi connectivity index (χ1) is 11.0. The summed E-state index contributed by atoms with van der Waals surface area (Å²) >= 11 is 0. The van der Waals surface area contributed by atoms with Crippen LogP contribution in [0, 0.1) is 0 Å². The minimum absolute atomic E-state index is 0. The Balaban J connectivity index is 0.00000208. The van der Waals surface area contributed by atoms with Crippen molar-refractivity contribution in [3.63, 3.8) is 0 Å². The zero-order valence-electron chi connectivity index (χ0n) is 13.3. The maximum atomic E-state index is 12.6. The highest BCUT2D eigenvalue weighted by atomic mass is 35.5. The number of carbonyl (C=O) groups is 2. The van der Waals surface area contributed by atoms with E-state index in [9.17, 15) is 9.59 Å². The summed E-state index contributed by atoms with van der Waals surface area (Å²) in [5.74, 6) is -1.05. The van der Waals surface area contributed by atoms with Crippen molar-refractivity contribution >= 4 is 24.2 Å². The number of hydrogen-bond donors (Lipinski definition) is 4. The van der Waals surface area contributed by atoms with E-state index in [4.69, 9.17) is 5.73 Å². The molecular formula is C16H20ClN5O2. The first kappa shape index (κ1) is 18.0. The molecule has 7 nitrogen and oxygen atoms in total. The lowest BCUT2D eigenvalue weighted by Crippen LogP contribution is -2.53. The number of hydrogen-bond acceptors (Lipinski definition) is 4. The van der Waals surface area contributed by atoms with E-state index in [0.29, 0.717) is 17.8 Å². The van der Waals surface area contributed by atoms with E-state index < -0.39 is 17.4 Å². The average Bonchev–Trinajstić information content (AvgIpc) is 2.99. The highest BCUT2D eigenvalue weighted by Gasteiger charge is 2.36. The van der Waals surface area contributed by atoms with Crippen LogP contribution in [-0.2, 0) is 23.3 Å². The largest absolute Gasteiger partial charge is 0.367 e. The van der Waals surface area contributed by atoms with Gasteiger partial charge in [-0.15, -0.1) is 12.4 Å². The van der Waals surface area contributed by atoms with Crippen molar-refractivity contribution in [1.82, 2.24) is 20.8 Å². The van der Waals surface area contributed by atoms with Crippen LogP contribution in [0.4, 0.5) is 0 Å². The Morgan fingerprint density at radius 1 is 1.29 bits per heavy atom. The molecule has 0 radical (unpaired) electrons. The topological polar surface area (TPSA) is 113 Å². The van der Waals surface area contributed by atoms with E-state index in [-0.39, 0.29) is 12.4 Å². The Labute approximate surface area is 145 Å². The molecular weight excluding hydrogens is 330 g/mol. The molecule has 128 valence electrons. The number of nitrogens with zero attached hydrogens (tertiary/aromatic N) is 1. The van der Waals surface area contributed by atoms with Crippen LogP contribution in [0.5, 0.6) is 0 Å². The first-order valence-corrected chi connectivity index (χ1v) is 7.47. The number of benzene rings is 1. The summed E-state index contributed by atoms with van der Waals surface area (Å²) in [6, 6.07) is 8.94. The fourth-order valence-corrected chi connectivity index (χ4v) is 2.75. The molecule has 1 atom stereocenters. The zero-order valence-corrected chi connectivity index (χ0v) is 14.1. The Kier molecular flexibility index (Phi) is 5.26. The van der Waals surface area contributed by atoms with Gasteiger partial charge in [0.15, 0.2) is 5.69 Å². The van der Waals surface area contributed by atoms with Crippen molar-refractivity contribution in [2.75, 3.05) is 6.54 Å². The quantitative estimate of drug-likeness (QED) is 0.647. The van der Waals surface area contributed by atoms with Gasteiger partial charge in [0.25, 0.3) is 5.91 Å². The number of aromatic nitrogens is 2. The maximum Gasteiger partial charge on any atom is 0.273 e. The van der Waals surface area contributed by atoms with Gasteiger partial charge in [0.05, 0.1) is 0 Å². The summed E-state index contributed by atoms with van der Waals surface area (Å²) in [6.07, 6.45) is 0.793. The summed E-state index contributed by atoms with van der Waals surface area (Å²) in [5.41, 5.74) is 6.97. The van der Waals surface area contributed by atoms with Gasteiger partial charge in [-0.05, 0) is 12.5 Å². The number of fused-ring (bicyclic) bond motifs is 1. The molecule has 0 aliphatic carbocycles. The van der Waals surface area contributed by atoms with Crippen LogP contribution in [0.2, 0.25) is 0 Å². The number of H-pyrrole nitrogens is 1. The number of halogens is 1. The molecule has 3 rings (SSSR count). The van der Waals surface area contributed by atoms with Crippen molar-refractivity contribution < 1.29 is 9.59 Å². The van der Waals surface area contributed by atoms with Gasteiger partial charge in [0.1, 0.15) is 5.54 Å². The smallest absolute Gasteiger partial charge is 0.273 e. The third kappa shape index (κ3) is 3.13. The lowest BCUT2D eigenvalue weighted by atomic mass is 9.91. The van der Waals surface area contributed by atoms with E-state index in [1.807, 2.05) is 6.07 Å². The minimum atomic E-state index is -1.30. The predicted molar refractivity (Wildman–Crippen MR) is 91.7 cm³/mol. The lowest BCUT2D eigenvalue weighted by Gasteiger charge is -2.28. The second-order valence-corrected chi connectivity index (χ2v) is 5.77. The molecule has 2 amide bonds. The maximum absolute atomic E-state index is 12.6. The number of primary amides is 1. The fraction of sp³-hybridized carbons (Fsp3) is 0.312. The van der Waals surface area contributed by atoms with Crippen molar-refractivity contribution in [3.8, 4) is 0 Å². The molecule has 2 heterocycles. The lowest BCUT2D eigenvalue weighted by molar-refractivity contribution is -0.123. The molecule has 1 aromatic carbocycles. The van der Waals surface area contributed by atoms with Gasteiger partial charge in [0, 0.05) is 30.8 Å². The highest BCUT2D eigenvalue weighted by Crippen LogP contribution is 2.22. The van der Waals surface area contributed by atoms with E-state index >= 15 is 0 Å². The third-order valence-corrected chi connectivity index (χ3v) is 4.23. The van der Waals surface area contributed by atoms with Crippen LogP contribution in [-0.4, -0.2) is 28.6 Å². The Hall–Kier alpha value is -2.38. The number of amides is 2. The summed E-state index contributed by atoms with van der Waals surface area (Å²) < 4.78 is 0. The Bertz CT molecular complexity index is 746. The number of rotatable bonds is 4. The summed E-state index contributed by atoms with van der Waals surface area (Å²) in [7, 11) is 0. The summed E-state index contributed by atoms with van der Waals surface area (Å²) in [4.78, 5) is 24.6. The van der Waals surface area contributed by atoms with E-state index in [0.717, 1.165) is 24.2 Å². The molecule has 0 saturated carbocycles. The van der Waals surface area contributed by atoms with E-state index in [1.54, 1.807) is 31.2 Å². The number of aromatic amines is 1. The monoisotopic (exact) mass is 349 g/mol. The predicted octanol–water partition coefficient (Wildman–Crippen LogP) is 0.608. The van der Waals surface area contributed by atoms with Gasteiger partial charge < -0.3 is 16.4 Å². The third-order valence-electron chi connectivity index (χ3n) is 4.23. The normalized spacial score (nSPS) is 15.5. The molecule has 8 heteroatoms. The molecule has 1 aromatic heterocycles. The molecule has 1 unspecified atom stereocenters. The van der Waals surface area contributed by atoms with Crippen molar-refractivity contribution in [3.05, 3.63) is 52.8 Å². The van der Waals surface area contributed by atoms with Crippen LogP contribution in [0.3, 0.4) is 0 Å². The van der Waals surface area contributed by atoms with Crippen LogP contribution in [0.25, 0.3) is 0 Å². The molecule has 24 heavy (non-hydrogen) atoms. The van der Waals surface area contributed by atoms with E-state index in [1.165, 1.54) is 0 Å². The van der Waals surface area contributed by atoms with Crippen LogP contribution in [0.15, 0.2) is 30.3 Å². The van der Waals surface area contributed by atoms with Crippen LogP contribution < -0.4 is 16.4 Å². The van der Waals surface area contributed by atoms with Crippen molar-refractivity contribution in [2.24, 2.45) is 5.73 Å². The molecule has 0 bridgehead atoms. The van der Waals surface area contributed by atoms with Gasteiger partial charge in [-0.2, -0.15) is 5.10 Å². The van der Waals surface area contributed by atoms with Gasteiger partial charge in [-0.1, -0.05) is 30.3 Å². The SMILES string of the molecule is CC(NC(=O)c1n[nH]c2c1CNCC2)(C(N)=O)c1ccccc1.Cl. The van der Waals surface area contributed by atoms with Gasteiger partial charge in [-0.3, -0.25) is 14.7 Å². The first-order valence-electron chi connectivity index (χ1n) is 7.47. The van der Waals surface area contributed by atoms with E-state index in [2.05, 4.69) is 20.8 Å². The number of nitrogens with one attached hydrogen (secondary N) is 3. The number of carbonyl (C=O) groups excluding carboxylic acids is 2. The van der Waals surface area contributed by atoms with Crippen LogP contribution in [0.1, 0.15) is 34.2 Å². The Morgan fingerprint density at radius 3 is 2.67 bits per heavy atom. The standard InChI is InChI=1S/C16H19N5O2.ClH/c1-16(15(17)23,10-5-3-2-4-6-10)19-14(22)13-11-9-18-8-7-12(11)20-21-13;/h2-6,18H,7-9H2,1H3,(H2,17,23)(H,19,22)(H,20,21);1H. The second kappa shape index (κ2) is 7.02.